The average molecular weight is 817 g/mol. The fraction of sp³-hybridized carbons (Fsp3) is 0.865. The third kappa shape index (κ3) is 45.0. The molecule has 0 aromatic rings. The lowest BCUT2D eigenvalue weighted by molar-refractivity contribution is -0.167. The number of rotatable bonds is 46. The van der Waals surface area contributed by atoms with Crippen LogP contribution in [0.2, 0.25) is 0 Å². The van der Waals surface area contributed by atoms with Crippen molar-refractivity contribution >= 4 is 17.9 Å². The molecule has 0 heterocycles. The number of carbonyl (C=O) groups is 3. The first-order valence-electron chi connectivity index (χ1n) is 25.3. The Hall–Kier alpha value is -2.11. The zero-order valence-electron chi connectivity index (χ0n) is 38.8. The highest BCUT2D eigenvalue weighted by molar-refractivity contribution is 5.71. The fourth-order valence-electron chi connectivity index (χ4n) is 7.42. The van der Waals surface area contributed by atoms with Crippen LogP contribution in [0.5, 0.6) is 0 Å². The maximum absolute atomic E-state index is 12.8. The maximum atomic E-state index is 12.8. The highest BCUT2D eigenvalue weighted by atomic mass is 16.6. The fourth-order valence-corrected chi connectivity index (χ4v) is 7.42. The van der Waals surface area contributed by atoms with Crippen LogP contribution >= 0.6 is 0 Å². The van der Waals surface area contributed by atoms with Gasteiger partial charge in [-0.25, -0.2) is 0 Å². The molecule has 0 amide bonds. The molecule has 340 valence electrons. The quantitative estimate of drug-likeness (QED) is 0.0263. The van der Waals surface area contributed by atoms with Gasteiger partial charge < -0.3 is 14.2 Å². The summed E-state index contributed by atoms with van der Waals surface area (Å²) in [5.41, 5.74) is 0. The molecule has 6 nitrogen and oxygen atoms in total. The first kappa shape index (κ1) is 55.9. The summed E-state index contributed by atoms with van der Waals surface area (Å²) < 4.78 is 16.8. The molecule has 0 N–H and O–H groups in total. The van der Waals surface area contributed by atoms with Crippen LogP contribution in [0.15, 0.2) is 24.3 Å². The Morgan fingerprint density at radius 2 is 0.672 bits per heavy atom. The lowest BCUT2D eigenvalue weighted by Gasteiger charge is -2.18. The molecule has 0 aromatic heterocycles. The van der Waals surface area contributed by atoms with Gasteiger partial charge in [-0.15, -0.1) is 0 Å². The van der Waals surface area contributed by atoms with Gasteiger partial charge in [0.2, 0.25) is 0 Å². The summed E-state index contributed by atoms with van der Waals surface area (Å²) in [7, 11) is 0. The number of allylic oxidation sites excluding steroid dienone is 4. The Morgan fingerprint density at radius 1 is 0.362 bits per heavy atom. The molecule has 0 aliphatic carbocycles. The Balaban J connectivity index is 4.31. The van der Waals surface area contributed by atoms with Gasteiger partial charge in [-0.05, 0) is 44.9 Å². The van der Waals surface area contributed by atoms with Crippen molar-refractivity contribution in [2.24, 2.45) is 0 Å². The second-order valence-electron chi connectivity index (χ2n) is 17.1. The second kappa shape index (κ2) is 47.6. The Kier molecular flexibility index (Phi) is 45.8. The molecule has 6 heteroatoms. The van der Waals surface area contributed by atoms with Gasteiger partial charge in [0.05, 0.1) is 0 Å². The topological polar surface area (TPSA) is 78.9 Å². The van der Waals surface area contributed by atoms with Gasteiger partial charge in [-0.1, -0.05) is 231 Å². The normalized spacial score (nSPS) is 12.1. The Morgan fingerprint density at radius 3 is 1.03 bits per heavy atom. The maximum Gasteiger partial charge on any atom is 0.306 e. The van der Waals surface area contributed by atoms with Crippen molar-refractivity contribution in [1.82, 2.24) is 0 Å². The van der Waals surface area contributed by atoms with E-state index in [4.69, 9.17) is 14.2 Å². The van der Waals surface area contributed by atoms with Crippen LogP contribution in [0.4, 0.5) is 0 Å². The van der Waals surface area contributed by atoms with Gasteiger partial charge in [0, 0.05) is 19.3 Å². The van der Waals surface area contributed by atoms with Gasteiger partial charge >= 0.3 is 17.9 Å². The van der Waals surface area contributed by atoms with Gasteiger partial charge in [-0.3, -0.25) is 14.4 Å². The summed E-state index contributed by atoms with van der Waals surface area (Å²) in [5.74, 6) is -0.867. The third-order valence-corrected chi connectivity index (χ3v) is 11.2. The van der Waals surface area contributed by atoms with Crippen molar-refractivity contribution in [1.29, 1.82) is 0 Å². The molecule has 0 saturated carbocycles. The predicted molar refractivity (Wildman–Crippen MR) is 247 cm³/mol. The smallest absolute Gasteiger partial charge is 0.306 e. The van der Waals surface area contributed by atoms with Crippen molar-refractivity contribution < 1.29 is 28.6 Å². The zero-order valence-corrected chi connectivity index (χ0v) is 38.8. The van der Waals surface area contributed by atoms with Gasteiger partial charge in [-0.2, -0.15) is 0 Å². The number of ether oxygens (including phenoxy) is 3. The van der Waals surface area contributed by atoms with Gasteiger partial charge in [0.25, 0.3) is 0 Å². The van der Waals surface area contributed by atoms with Gasteiger partial charge in [0.1, 0.15) is 13.2 Å². The predicted octanol–water partition coefficient (Wildman–Crippen LogP) is 16.4. The summed E-state index contributed by atoms with van der Waals surface area (Å²) in [5, 5.41) is 0. The summed E-state index contributed by atoms with van der Waals surface area (Å²) in [6.45, 7) is 6.54. The molecule has 0 bridgehead atoms. The van der Waals surface area contributed by atoms with Crippen molar-refractivity contribution in [3.63, 3.8) is 0 Å². The van der Waals surface area contributed by atoms with E-state index in [1.165, 1.54) is 154 Å². The first-order chi connectivity index (χ1) is 28.5. The molecule has 0 aliphatic rings. The highest BCUT2D eigenvalue weighted by Gasteiger charge is 2.19. The number of unbranched alkanes of at least 4 members (excludes halogenated alkanes) is 31. The third-order valence-electron chi connectivity index (χ3n) is 11.2. The summed E-state index contributed by atoms with van der Waals surface area (Å²) in [4.78, 5) is 37.9. The standard InChI is InChI=1S/C52H96O6/c1-4-7-10-13-16-19-22-24-26-27-29-30-33-36-39-42-45-51(54)57-48-49(47-56-50(53)44-41-38-35-32-21-18-15-12-9-6-3)58-52(55)46-43-40-37-34-31-28-25-23-20-17-14-11-8-5-2/h8,11,17,20,49H,4-7,9-10,12-16,18-19,21-48H2,1-3H3/b11-8-,20-17-. The van der Waals surface area contributed by atoms with E-state index >= 15 is 0 Å². The molecule has 0 aromatic carbocycles. The van der Waals surface area contributed by atoms with Crippen LogP contribution in [0.3, 0.4) is 0 Å². The number of esters is 3. The first-order valence-corrected chi connectivity index (χ1v) is 25.3. The summed E-state index contributed by atoms with van der Waals surface area (Å²) in [6, 6.07) is 0. The number of hydrogen-bond donors (Lipinski definition) is 0. The lowest BCUT2D eigenvalue weighted by atomic mass is 10.0. The van der Waals surface area contributed by atoms with E-state index in [0.717, 1.165) is 77.0 Å². The van der Waals surface area contributed by atoms with E-state index < -0.39 is 6.10 Å². The van der Waals surface area contributed by atoms with Crippen LogP contribution in [0, 0.1) is 0 Å². The van der Waals surface area contributed by atoms with E-state index in [1.54, 1.807) is 0 Å². The second-order valence-corrected chi connectivity index (χ2v) is 17.1. The minimum atomic E-state index is -0.768. The van der Waals surface area contributed by atoms with Crippen molar-refractivity contribution in [3.05, 3.63) is 24.3 Å². The van der Waals surface area contributed by atoms with Gasteiger partial charge in [0.15, 0.2) is 6.10 Å². The molecule has 0 fully saturated rings. The van der Waals surface area contributed by atoms with E-state index in [-0.39, 0.29) is 31.1 Å². The van der Waals surface area contributed by atoms with Crippen LogP contribution in [-0.2, 0) is 28.6 Å². The Bertz CT molecular complexity index is 942. The largest absolute Gasteiger partial charge is 0.462 e. The van der Waals surface area contributed by atoms with E-state index in [0.29, 0.717) is 19.3 Å². The highest BCUT2D eigenvalue weighted by Crippen LogP contribution is 2.16. The summed E-state index contributed by atoms with van der Waals surface area (Å²) in [6.07, 6.45) is 53.0. The molecule has 0 saturated heterocycles. The van der Waals surface area contributed by atoms with E-state index in [9.17, 15) is 14.4 Å². The summed E-state index contributed by atoms with van der Waals surface area (Å²) >= 11 is 0. The van der Waals surface area contributed by atoms with Crippen molar-refractivity contribution in [3.8, 4) is 0 Å². The molecule has 58 heavy (non-hydrogen) atoms. The van der Waals surface area contributed by atoms with Crippen LogP contribution in [-0.4, -0.2) is 37.2 Å². The van der Waals surface area contributed by atoms with Crippen molar-refractivity contribution in [2.45, 2.75) is 277 Å². The van der Waals surface area contributed by atoms with Crippen LogP contribution in [0.1, 0.15) is 271 Å². The number of carbonyl (C=O) groups excluding carboxylic acids is 3. The average Bonchev–Trinajstić information content (AvgIpc) is 3.22. The molecule has 1 atom stereocenters. The molecular weight excluding hydrogens is 721 g/mol. The molecule has 0 radical (unpaired) electrons. The molecule has 0 rings (SSSR count). The van der Waals surface area contributed by atoms with E-state index in [2.05, 4.69) is 45.1 Å². The molecular formula is C52H96O6. The lowest BCUT2D eigenvalue weighted by Crippen LogP contribution is -2.30. The number of hydrogen-bond acceptors (Lipinski definition) is 6. The van der Waals surface area contributed by atoms with Crippen LogP contribution in [0.25, 0.3) is 0 Å². The zero-order chi connectivity index (χ0) is 42.3. The van der Waals surface area contributed by atoms with E-state index in [1.807, 2.05) is 0 Å². The van der Waals surface area contributed by atoms with Crippen LogP contribution < -0.4 is 0 Å². The molecule has 0 aliphatic heterocycles. The molecule has 0 spiro atoms. The SMILES string of the molecule is CC/C=C\C/C=C\CCCCCCCCCC(=O)OC(COC(=O)CCCCCCCCCCCC)COC(=O)CCCCCCCCCCCCCCCCCC. The minimum absolute atomic E-state index is 0.0698. The monoisotopic (exact) mass is 817 g/mol. The Labute approximate surface area is 360 Å². The van der Waals surface area contributed by atoms with Crippen molar-refractivity contribution in [2.75, 3.05) is 13.2 Å². The molecule has 1 unspecified atom stereocenters. The minimum Gasteiger partial charge on any atom is -0.462 e.